The molecule has 3 rings (SSSR count). The van der Waals surface area contributed by atoms with Crippen molar-refractivity contribution in [1.29, 1.82) is 0 Å². The van der Waals surface area contributed by atoms with Crippen molar-refractivity contribution < 1.29 is 28.6 Å². The highest BCUT2D eigenvalue weighted by Crippen LogP contribution is 2.37. The molecule has 1 N–H and O–H groups in total. The molecule has 2 amide bonds. The third-order valence-electron chi connectivity index (χ3n) is 7.80. The number of hydrogen-bond donors (Lipinski definition) is 1. The van der Waals surface area contributed by atoms with Gasteiger partial charge in [0.2, 0.25) is 0 Å². The first-order valence-electron chi connectivity index (χ1n) is 16.9. The summed E-state index contributed by atoms with van der Waals surface area (Å²) in [6.45, 7) is 14.2. The molecule has 0 aliphatic carbocycles. The smallest absolute Gasteiger partial charge is 0.349 e. The van der Waals surface area contributed by atoms with E-state index >= 15 is 0 Å². The Morgan fingerprint density at radius 2 is 1.45 bits per heavy atom. The minimum atomic E-state index is -1.14. The van der Waals surface area contributed by atoms with Crippen LogP contribution in [-0.2, 0) is 22.7 Å². The summed E-state index contributed by atoms with van der Waals surface area (Å²) in [4.78, 5) is 40.5. The number of nitrogens with zero attached hydrogens (tertiary/aromatic N) is 1. The number of urea groups is 1. The molecule has 0 saturated carbocycles. The molecule has 0 radical (unpaired) electrons. The number of carbonyl (C=O) groups excluding carboxylic acids is 3. The van der Waals surface area contributed by atoms with E-state index in [9.17, 15) is 14.4 Å². The summed E-state index contributed by atoms with van der Waals surface area (Å²) in [5.41, 5.74) is 1.05. The number of rotatable bonds is 17. The number of unbranched alkanes of at least 4 members (excludes halogenated alkanes) is 4. The lowest BCUT2D eigenvalue weighted by atomic mass is 9.86. The number of Topliss-reactive ketones (excluding diaryl/α,β-unsaturated/α-hetero) is 1. The van der Waals surface area contributed by atoms with Crippen LogP contribution in [0.4, 0.5) is 10.5 Å². The Balaban J connectivity index is 1.77. The minimum Gasteiger partial charge on any atom is -0.487 e. The highest BCUT2D eigenvalue weighted by molar-refractivity contribution is 6.37. The van der Waals surface area contributed by atoms with Gasteiger partial charge in [-0.25, -0.2) is 9.59 Å². The fraction of sp³-hybridized carbons (Fsp3) is 0.462. The van der Waals surface area contributed by atoms with Crippen molar-refractivity contribution in [2.24, 2.45) is 5.41 Å². The number of ketones is 1. The van der Waals surface area contributed by atoms with Crippen LogP contribution in [0.5, 0.6) is 11.5 Å². The van der Waals surface area contributed by atoms with Crippen LogP contribution in [-0.4, -0.2) is 41.4 Å². The van der Waals surface area contributed by atoms with Crippen molar-refractivity contribution in [3.05, 3.63) is 87.4 Å². The third kappa shape index (κ3) is 12.3. The quantitative estimate of drug-likeness (QED) is 0.0850. The second-order valence-electron chi connectivity index (χ2n) is 13.6. The molecule has 8 nitrogen and oxygen atoms in total. The maximum absolute atomic E-state index is 13.8. The van der Waals surface area contributed by atoms with Gasteiger partial charge in [-0.05, 0) is 56.5 Å². The highest BCUT2D eigenvalue weighted by Gasteiger charge is 2.31. The second-order valence-corrected chi connectivity index (χ2v) is 14.4. The molecule has 3 aromatic rings. The number of anilines is 1. The van der Waals surface area contributed by atoms with E-state index in [1.165, 1.54) is 0 Å². The molecular formula is C39H50Cl2N2O6. The zero-order chi connectivity index (χ0) is 36.2. The van der Waals surface area contributed by atoms with E-state index in [0.717, 1.165) is 43.2 Å². The van der Waals surface area contributed by atoms with E-state index in [0.29, 0.717) is 40.9 Å². The van der Waals surface area contributed by atoms with Crippen LogP contribution in [0.3, 0.4) is 0 Å². The van der Waals surface area contributed by atoms with Gasteiger partial charge in [0.25, 0.3) is 0 Å². The van der Waals surface area contributed by atoms with Crippen molar-refractivity contribution >= 4 is 46.7 Å². The number of benzene rings is 3. The summed E-state index contributed by atoms with van der Waals surface area (Å²) < 4.78 is 17.2. The Bertz CT molecular complexity index is 1550. The molecule has 3 aromatic carbocycles. The number of carbonyl (C=O) groups is 3. The lowest BCUT2D eigenvalue weighted by Gasteiger charge is -2.26. The maximum atomic E-state index is 13.8. The first-order valence-corrected chi connectivity index (χ1v) is 17.7. The Morgan fingerprint density at radius 3 is 2.06 bits per heavy atom. The summed E-state index contributed by atoms with van der Waals surface area (Å²) in [6.07, 6.45) is 5.22. The van der Waals surface area contributed by atoms with Crippen LogP contribution in [0.1, 0.15) is 102 Å². The summed E-state index contributed by atoms with van der Waals surface area (Å²) in [6, 6.07) is 17.4. The van der Waals surface area contributed by atoms with E-state index in [2.05, 4.69) is 12.2 Å². The molecule has 0 spiro atoms. The summed E-state index contributed by atoms with van der Waals surface area (Å²) >= 11 is 13.0. The van der Waals surface area contributed by atoms with E-state index in [-0.39, 0.29) is 30.1 Å². The molecule has 10 heteroatoms. The number of halogens is 2. The average molecular weight is 714 g/mol. The Labute approximate surface area is 301 Å². The first-order chi connectivity index (χ1) is 23.1. The van der Waals surface area contributed by atoms with Crippen LogP contribution in [0, 0.1) is 5.41 Å². The Hall–Kier alpha value is -3.75. The van der Waals surface area contributed by atoms with Crippen LogP contribution in [0.25, 0.3) is 0 Å². The van der Waals surface area contributed by atoms with Crippen LogP contribution in [0.2, 0.25) is 10.0 Å². The average Bonchev–Trinajstić information content (AvgIpc) is 3.04. The fourth-order valence-corrected chi connectivity index (χ4v) is 5.52. The standard InChI is InChI=1S/C39H50Cl2N2O6/c1-8-10-11-12-13-22-43(25-27-16-20-31(21-17-27)49-39(6,7)36(45)47-9-2)37(46)42-34-32(41)23-30(40)24-33(34)48-26-28-14-18-29(19-15-28)35(44)38(3,4)5/h14-21,23-24H,8-13,22,25-26H2,1-7H3,(H,42,46). The molecule has 0 aliphatic heterocycles. The van der Waals surface area contributed by atoms with Crippen molar-refractivity contribution in [2.45, 2.75) is 99.3 Å². The molecule has 0 saturated heterocycles. The van der Waals surface area contributed by atoms with Gasteiger partial charge in [0.15, 0.2) is 11.4 Å². The van der Waals surface area contributed by atoms with Crippen LogP contribution in [0.15, 0.2) is 60.7 Å². The molecule has 0 atom stereocenters. The van der Waals surface area contributed by atoms with Crippen LogP contribution >= 0.6 is 23.2 Å². The van der Waals surface area contributed by atoms with Gasteiger partial charge >= 0.3 is 12.0 Å². The predicted molar refractivity (Wildman–Crippen MR) is 197 cm³/mol. The van der Waals surface area contributed by atoms with Crippen molar-refractivity contribution in [2.75, 3.05) is 18.5 Å². The van der Waals surface area contributed by atoms with Gasteiger partial charge < -0.3 is 24.4 Å². The molecule has 0 aromatic heterocycles. The van der Waals surface area contributed by atoms with Gasteiger partial charge in [0.1, 0.15) is 23.8 Å². The molecule has 49 heavy (non-hydrogen) atoms. The largest absolute Gasteiger partial charge is 0.487 e. The zero-order valence-electron chi connectivity index (χ0n) is 29.8. The zero-order valence-corrected chi connectivity index (χ0v) is 31.3. The van der Waals surface area contributed by atoms with Gasteiger partial charge in [0, 0.05) is 35.2 Å². The molecule has 266 valence electrons. The van der Waals surface area contributed by atoms with E-state index in [1.54, 1.807) is 62.1 Å². The topological polar surface area (TPSA) is 94.2 Å². The normalized spacial score (nSPS) is 11.5. The predicted octanol–water partition coefficient (Wildman–Crippen LogP) is 10.5. The monoisotopic (exact) mass is 712 g/mol. The van der Waals surface area contributed by atoms with E-state index in [4.69, 9.17) is 37.4 Å². The van der Waals surface area contributed by atoms with Crippen molar-refractivity contribution in [1.82, 2.24) is 4.90 Å². The highest BCUT2D eigenvalue weighted by atomic mass is 35.5. The van der Waals surface area contributed by atoms with Gasteiger partial charge in [0.05, 0.1) is 11.6 Å². The number of nitrogens with one attached hydrogen (secondary N) is 1. The summed E-state index contributed by atoms with van der Waals surface area (Å²) in [7, 11) is 0. The van der Waals surface area contributed by atoms with Gasteiger partial charge in [-0.15, -0.1) is 0 Å². The van der Waals surface area contributed by atoms with Crippen LogP contribution < -0.4 is 14.8 Å². The third-order valence-corrected chi connectivity index (χ3v) is 8.31. The van der Waals surface area contributed by atoms with E-state index in [1.807, 2.05) is 45.0 Å². The fourth-order valence-electron chi connectivity index (χ4n) is 5.00. The van der Waals surface area contributed by atoms with Gasteiger partial charge in [-0.3, -0.25) is 4.79 Å². The Kier molecular flexibility index (Phi) is 14.8. The lowest BCUT2D eigenvalue weighted by molar-refractivity contribution is -0.158. The lowest BCUT2D eigenvalue weighted by Crippen LogP contribution is -2.39. The molecular weight excluding hydrogens is 663 g/mol. The van der Waals surface area contributed by atoms with Crippen molar-refractivity contribution in [3.63, 3.8) is 0 Å². The SMILES string of the molecule is CCCCCCCN(Cc1ccc(OC(C)(C)C(=O)OCC)cc1)C(=O)Nc1c(Cl)cc(Cl)cc1OCc1ccc(C(=O)C(C)(C)C)cc1. The Morgan fingerprint density at radius 1 is 0.816 bits per heavy atom. The van der Waals surface area contributed by atoms with E-state index < -0.39 is 17.0 Å². The first kappa shape index (κ1) is 39.7. The number of ether oxygens (including phenoxy) is 3. The molecule has 0 aliphatic rings. The number of esters is 1. The maximum Gasteiger partial charge on any atom is 0.349 e. The molecule has 0 heterocycles. The van der Waals surface area contributed by atoms with Gasteiger partial charge in [-0.1, -0.05) is 113 Å². The summed E-state index contributed by atoms with van der Waals surface area (Å²) in [5, 5.41) is 3.58. The minimum absolute atomic E-state index is 0.0590. The second kappa shape index (κ2) is 18.3. The molecule has 0 bridgehead atoms. The number of amides is 2. The van der Waals surface area contributed by atoms with Crippen molar-refractivity contribution in [3.8, 4) is 11.5 Å². The summed E-state index contributed by atoms with van der Waals surface area (Å²) in [5.74, 6) is 0.459. The molecule has 0 unspecified atom stereocenters. The molecule has 0 fully saturated rings. The number of hydrogen-bond acceptors (Lipinski definition) is 6. The van der Waals surface area contributed by atoms with Gasteiger partial charge in [-0.2, -0.15) is 0 Å².